The maximum Gasteiger partial charge on any atom is 0.433 e. The number of aliphatic hydroxyl groups excluding tert-OH is 2. The number of alkyl halides is 3. The molecule has 2 aromatic carbocycles. The molecule has 4 rings (SSSR count). The van der Waals surface area contributed by atoms with E-state index in [1.807, 2.05) is 0 Å². The van der Waals surface area contributed by atoms with Gasteiger partial charge >= 0.3 is 6.18 Å². The lowest BCUT2D eigenvalue weighted by atomic mass is 10.0. The van der Waals surface area contributed by atoms with Crippen molar-refractivity contribution in [3.05, 3.63) is 89.0 Å². The highest BCUT2D eigenvalue weighted by atomic mass is 19.4. The second-order valence-electron chi connectivity index (χ2n) is 8.12. The van der Waals surface area contributed by atoms with E-state index in [1.165, 1.54) is 23.1 Å². The highest BCUT2D eigenvalue weighted by Crippen LogP contribution is 2.36. The number of pyridine rings is 1. The van der Waals surface area contributed by atoms with Crippen molar-refractivity contribution in [3.8, 4) is 5.75 Å². The van der Waals surface area contributed by atoms with Crippen LogP contribution in [0, 0.1) is 5.82 Å². The Hall–Kier alpha value is -3.50. The molecule has 2 N–H and O–H groups in total. The average Bonchev–Trinajstić information content (AvgIpc) is 2.84. The zero-order valence-electron chi connectivity index (χ0n) is 18.4. The van der Waals surface area contributed by atoms with E-state index < -0.39 is 35.8 Å². The molecule has 1 aliphatic heterocycles. The lowest BCUT2D eigenvalue weighted by Crippen LogP contribution is -2.37. The third kappa shape index (κ3) is 5.60. The Balaban J connectivity index is 1.62. The van der Waals surface area contributed by atoms with Crippen molar-refractivity contribution in [2.75, 3.05) is 18.1 Å². The molecule has 10 heteroatoms. The molecule has 2 atom stereocenters. The largest absolute Gasteiger partial charge is 0.493 e. The Bertz CT molecular complexity index is 1180. The van der Waals surface area contributed by atoms with Crippen LogP contribution in [0.3, 0.4) is 0 Å². The van der Waals surface area contributed by atoms with Crippen LogP contribution in [-0.4, -0.2) is 34.3 Å². The number of ether oxygens (including phenoxy) is 1. The zero-order valence-corrected chi connectivity index (χ0v) is 18.4. The summed E-state index contributed by atoms with van der Waals surface area (Å²) in [5.74, 6) is -0.766. The second kappa shape index (κ2) is 10.0. The van der Waals surface area contributed by atoms with E-state index in [0.717, 1.165) is 24.4 Å². The molecule has 0 spiro atoms. The standard InChI is InChI=1S/C25H22F4N2O4/c26-17-4-2-16(3-5-17)23(33)24(34)31(11-9-15-1-8-22(30-14-15)25(27,28)29)18-6-7-21-19(13-18)20(32)10-12-35-21/h1-8,13-14,20,23,32-33H,9-12H2/t20?,23-/m0/s1. The fourth-order valence-electron chi connectivity index (χ4n) is 3.81. The molecule has 0 bridgehead atoms. The topological polar surface area (TPSA) is 82.9 Å². The summed E-state index contributed by atoms with van der Waals surface area (Å²) in [5, 5.41) is 21.1. The molecule has 1 aliphatic rings. The van der Waals surface area contributed by atoms with Crippen molar-refractivity contribution >= 4 is 11.6 Å². The summed E-state index contributed by atoms with van der Waals surface area (Å²) >= 11 is 0. The maximum absolute atomic E-state index is 13.3. The molecule has 0 fully saturated rings. The molecule has 2 heterocycles. The smallest absolute Gasteiger partial charge is 0.433 e. The first-order chi connectivity index (χ1) is 16.6. The molecule has 0 saturated heterocycles. The predicted molar refractivity (Wildman–Crippen MR) is 118 cm³/mol. The normalized spacial score (nSPS) is 16.2. The van der Waals surface area contributed by atoms with Crippen LogP contribution in [0.5, 0.6) is 5.75 Å². The van der Waals surface area contributed by atoms with Crippen LogP contribution >= 0.6 is 0 Å². The number of benzene rings is 2. The van der Waals surface area contributed by atoms with E-state index in [9.17, 15) is 32.6 Å². The van der Waals surface area contributed by atoms with Gasteiger partial charge in [0.25, 0.3) is 5.91 Å². The molecule has 35 heavy (non-hydrogen) atoms. The molecule has 3 aromatic rings. The summed E-state index contributed by atoms with van der Waals surface area (Å²) in [7, 11) is 0. The number of halogens is 4. The monoisotopic (exact) mass is 490 g/mol. The number of hydrogen-bond acceptors (Lipinski definition) is 5. The molecule has 1 amide bonds. The number of nitrogens with zero attached hydrogens (tertiary/aromatic N) is 2. The van der Waals surface area contributed by atoms with Gasteiger partial charge in [0.05, 0.1) is 12.7 Å². The quantitative estimate of drug-likeness (QED) is 0.502. The zero-order chi connectivity index (χ0) is 25.2. The summed E-state index contributed by atoms with van der Waals surface area (Å²) in [6, 6.07) is 11.8. The Morgan fingerprint density at radius 1 is 1.14 bits per heavy atom. The number of aliphatic hydroxyl groups is 2. The first-order valence-electron chi connectivity index (χ1n) is 10.9. The number of anilines is 1. The molecule has 1 unspecified atom stereocenters. The number of aromatic nitrogens is 1. The van der Waals surface area contributed by atoms with Crippen molar-refractivity contribution in [3.63, 3.8) is 0 Å². The predicted octanol–water partition coefficient (Wildman–Crippen LogP) is 4.36. The SMILES string of the molecule is O=C([C@@H](O)c1ccc(F)cc1)N(CCc1ccc(C(F)(F)F)nc1)c1ccc2c(c1)C(O)CCO2. The fraction of sp³-hybridized carbons (Fsp3) is 0.280. The Labute approximate surface area is 198 Å². The van der Waals surface area contributed by atoms with Crippen molar-refractivity contribution in [2.24, 2.45) is 0 Å². The highest BCUT2D eigenvalue weighted by molar-refractivity contribution is 5.97. The first-order valence-corrected chi connectivity index (χ1v) is 10.9. The highest BCUT2D eigenvalue weighted by Gasteiger charge is 2.32. The van der Waals surface area contributed by atoms with Gasteiger partial charge in [-0.1, -0.05) is 18.2 Å². The van der Waals surface area contributed by atoms with Gasteiger partial charge in [0.15, 0.2) is 6.10 Å². The van der Waals surface area contributed by atoms with E-state index in [2.05, 4.69) is 4.98 Å². The van der Waals surface area contributed by atoms with Crippen LogP contribution in [0.4, 0.5) is 23.2 Å². The van der Waals surface area contributed by atoms with E-state index in [1.54, 1.807) is 18.2 Å². The number of carbonyl (C=O) groups excluding carboxylic acids is 1. The minimum absolute atomic E-state index is 0.000127. The van der Waals surface area contributed by atoms with Crippen molar-refractivity contribution in [1.82, 2.24) is 4.98 Å². The van der Waals surface area contributed by atoms with E-state index >= 15 is 0 Å². The van der Waals surface area contributed by atoms with Gasteiger partial charge in [0.2, 0.25) is 0 Å². The minimum atomic E-state index is -4.56. The van der Waals surface area contributed by atoms with Crippen molar-refractivity contribution in [1.29, 1.82) is 0 Å². The average molecular weight is 490 g/mol. The summed E-state index contributed by atoms with van der Waals surface area (Å²) in [6.07, 6.45) is -5.36. The van der Waals surface area contributed by atoms with Crippen LogP contribution in [0.25, 0.3) is 0 Å². The number of amides is 1. The van der Waals surface area contributed by atoms with Gasteiger partial charge in [-0.3, -0.25) is 9.78 Å². The summed E-state index contributed by atoms with van der Waals surface area (Å²) in [5.41, 5.74) is 0.454. The second-order valence-corrected chi connectivity index (χ2v) is 8.12. The Kier molecular flexibility index (Phi) is 7.04. The molecule has 0 aliphatic carbocycles. The summed E-state index contributed by atoms with van der Waals surface area (Å²) < 4.78 is 57.3. The van der Waals surface area contributed by atoms with Gasteiger partial charge in [-0.25, -0.2) is 4.39 Å². The van der Waals surface area contributed by atoms with Crippen molar-refractivity contribution < 1.29 is 37.3 Å². The van der Waals surface area contributed by atoms with Gasteiger partial charge in [-0.2, -0.15) is 13.2 Å². The molecular formula is C25H22F4N2O4. The Morgan fingerprint density at radius 2 is 1.89 bits per heavy atom. The maximum atomic E-state index is 13.3. The number of carbonyl (C=O) groups is 1. The molecule has 0 saturated carbocycles. The van der Waals surface area contributed by atoms with Crippen LogP contribution in [0.2, 0.25) is 0 Å². The van der Waals surface area contributed by atoms with Gasteiger partial charge in [-0.05, 0) is 53.9 Å². The number of rotatable bonds is 6. The van der Waals surface area contributed by atoms with Gasteiger partial charge in [0.1, 0.15) is 17.3 Å². The van der Waals surface area contributed by atoms with Crippen LogP contribution < -0.4 is 9.64 Å². The van der Waals surface area contributed by atoms with Crippen LogP contribution in [0.15, 0.2) is 60.8 Å². The number of hydrogen-bond donors (Lipinski definition) is 2. The lowest BCUT2D eigenvalue weighted by Gasteiger charge is -2.28. The van der Waals surface area contributed by atoms with Crippen LogP contribution in [-0.2, 0) is 17.4 Å². The van der Waals surface area contributed by atoms with Crippen molar-refractivity contribution in [2.45, 2.75) is 31.2 Å². The van der Waals surface area contributed by atoms with E-state index in [-0.39, 0.29) is 18.5 Å². The first kappa shape index (κ1) is 24.6. The lowest BCUT2D eigenvalue weighted by molar-refractivity contribution is -0.141. The van der Waals surface area contributed by atoms with E-state index in [0.29, 0.717) is 35.6 Å². The summed E-state index contributed by atoms with van der Waals surface area (Å²) in [6.45, 7) is 0.347. The third-order valence-corrected chi connectivity index (χ3v) is 5.74. The van der Waals surface area contributed by atoms with Gasteiger partial charge < -0.3 is 19.8 Å². The fourth-order valence-corrected chi connectivity index (χ4v) is 3.81. The molecule has 184 valence electrons. The van der Waals surface area contributed by atoms with Gasteiger partial charge in [-0.15, -0.1) is 0 Å². The molecular weight excluding hydrogens is 468 g/mol. The molecule has 6 nitrogen and oxygen atoms in total. The minimum Gasteiger partial charge on any atom is -0.493 e. The van der Waals surface area contributed by atoms with Gasteiger partial charge in [0, 0.05) is 30.4 Å². The Morgan fingerprint density at radius 3 is 2.54 bits per heavy atom. The number of fused-ring (bicyclic) bond motifs is 1. The van der Waals surface area contributed by atoms with E-state index in [4.69, 9.17) is 4.74 Å². The van der Waals surface area contributed by atoms with Crippen LogP contribution in [0.1, 0.15) is 41.0 Å². The third-order valence-electron chi connectivity index (χ3n) is 5.74. The molecule has 0 radical (unpaired) electrons. The molecule has 1 aromatic heterocycles. The summed E-state index contributed by atoms with van der Waals surface area (Å²) in [4.78, 5) is 18.0.